The Kier molecular flexibility index (Phi) is 1.71. The largest absolute Gasteiger partial charge is 0.485 e. The van der Waals surface area contributed by atoms with Gasteiger partial charge in [-0.15, -0.1) is 0 Å². The van der Waals surface area contributed by atoms with Crippen molar-refractivity contribution in [2.75, 3.05) is 6.61 Å². The van der Waals surface area contributed by atoms with Gasteiger partial charge in [0.25, 0.3) is 0 Å². The van der Waals surface area contributed by atoms with E-state index in [9.17, 15) is 4.79 Å². The molecule has 0 saturated heterocycles. The first-order chi connectivity index (χ1) is 5.70. The number of carbonyl (C=O) groups excluding carboxylic acids is 1. The fourth-order valence-electron chi connectivity index (χ4n) is 1.94. The van der Waals surface area contributed by atoms with Gasteiger partial charge in [0.15, 0.2) is 5.76 Å². The Labute approximate surface area is 72.6 Å². The average Bonchev–Trinajstić information content (AvgIpc) is 1.92. The van der Waals surface area contributed by atoms with E-state index in [1.807, 2.05) is 0 Å². The first-order valence-electron chi connectivity index (χ1n) is 4.59. The zero-order valence-corrected chi connectivity index (χ0v) is 7.59. The molecule has 66 valence electrons. The lowest BCUT2D eigenvalue weighted by atomic mass is 9.79. The van der Waals surface area contributed by atoms with Crippen LogP contribution in [0.4, 0.5) is 0 Å². The Balaban J connectivity index is 2.20. The molecule has 2 aliphatic rings. The predicted molar refractivity (Wildman–Crippen MR) is 45.5 cm³/mol. The molecule has 0 saturated carbocycles. The van der Waals surface area contributed by atoms with Gasteiger partial charge in [-0.25, -0.2) is 0 Å². The van der Waals surface area contributed by atoms with E-state index in [1.54, 1.807) is 0 Å². The Hall–Kier alpha value is -0.790. The molecule has 0 fully saturated rings. The minimum Gasteiger partial charge on any atom is -0.485 e. The van der Waals surface area contributed by atoms with Crippen molar-refractivity contribution in [3.63, 3.8) is 0 Å². The second kappa shape index (κ2) is 2.61. The first-order valence-corrected chi connectivity index (χ1v) is 4.59. The van der Waals surface area contributed by atoms with Crippen LogP contribution in [-0.4, -0.2) is 12.4 Å². The lowest BCUT2D eigenvalue weighted by Gasteiger charge is -2.33. The number of hydrogen-bond acceptors (Lipinski definition) is 2. The Bertz CT molecular complexity index is 251. The van der Waals surface area contributed by atoms with Crippen LogP contribution in [0, 0.1) is 11.8 Å². The molecule has 0 aromatic carbocycles. The molecule has 0 aromatic rings. The highest BCUT2D eigenvalue weighted by molar-refractivity contribution is 5.98. The van der Waals surface area contributed by atoms with E-state index in [-0.39, 0.29) is 11.7 Å². The van der Waals surface area contributed by atoms with Crippen LogP contribution in [-0.2, 0) is 9.53 Å². The lowest BCUT2D eigenvalue weighted by molar-refractivity contribution is -0.126. The zero-order chi connectivity index (χ0) is 8.72. The zero-order valence-electron chi connectivity index (χ0n) is 7.59. The Morgan fingerprint density at radius 2 is 2.25 bits per heavy atom. The van der Waals surface area contributed by atoms with E-state index in [4.69, 9.17) is 4.74 Å². The van der Waals surface area contributed by atoms with Gasteiger partial charge in [0.2, 0.25) is 5.78 Å². The van der Waals surface area contributed by atoms with Crippen LogP contribution in [0.5, 0.6) is 0 Å². The highest BCUT2D eigenvalue weighted by atomic mass is 16.5. The van der Waals surface area contributed by atoms with Gasteiger partial charge in [0, 0.05) is 11.5 Å². The summed E-state index contributed by atoms with van der Waals surface area (Å²) in [7, 11) is 0. The molecule has 0 N–H and O–H groups in total. The van der Waals surface area contributed by atoms with Gasteiger partial charge in [-0.05, 0) is 18.8 Å². The van der Waals surface area contributed by atoms with E-state index >= 15 is 0 Å². The van der Waals surface area contributed by atoms with Crippen molar-refractivity contribution in [1.29, 1.82) is 0 Å². The van der Waals surface area contributed by atoms with Gasteiger partial charge in [0.1, 0.15) is 6.61 Å². The van der Waals surface area contributed by atoms with Crippen molar-refractivity contribution in [2.45, 2.75) is 26.7 Å². The first kappa shape index (κ1) is 7.84. The molecule has 1 unspecified atom stereocenters. The molecule has 0 bridgehead atoms. The average molecular weight is 166 g/mol. The van der Waals surface area contributed by atoms with Crippen molar-refractivity contribution in [2.24, 2.45) is 11.8 Å². The summed E-state index contributed by atoms with van der Waals surface area (Å²) in [6.07, 6.45) is 2.10. The van der Waals surface area contributed by atoms with Crippen molar-refractivity contribution < 1.29 is 9.53 Å². The molecule has 1 heterocycles. The summed E-state index contributed by atoms with van der Waals surface area (Å²) in [4.78, 5) is 11.6. The lowest BCUT2D eigenvalue weighted by Crippen LogP contribution is -2.34. The van der Waals surface area contributed by atoms with Crippen molar-refractivity contribution in [3.8, 4) is 0 Å². The van der Waals surface area contributed by atoms with E-state index < -0.39 is 0 Å². The number of Topliss-reactive ketones (excluding diaryl/α,β-unsaturated/α-hetero) is 1. The maximum atomic E-state index is 11.6. The number of carbonyl (C=O) groups is 1. The summed E-state index contributed by atoms with van der Waals surface area (Å²) < 4.78 is 5.16. The highest BCUT2D eigenvalue weighted by Gasteiger charge is 2.37. The third-order valence-corrected chi connectivity index (χ3v) is 2.83. The third-order valence-electron chi connectivity index (χ3n) is 2.83. The number of hydrogen-bond donors (Lipinski definition) is 0. The number of allylic oxidation sites excluding steroid dienone is 1. The summed E-state index contributed by atoms with van der Waals surface area (Å²) in [6, 6.07) is 0. The van der Waals surface area contributed by atoms with E-state index in [1.165, 1.54) is 5.57 Å². The van der Waals surface area contributed by atoms with Crippen LogP contribution in [0.2, 0.25) is 0 Å². The summed E-state index contributed by atoms with van der Waals surface area (Å²) in [5.41, 5.74) is 1.25. The summed E-state index contributed by atoms with van der Waals surface area (Å²) in [5.74, 6) is 1.61. The third kappa shape index (κ3) is 0.977. The van der Waals surface area contributed by atoms with Gasteiger partial charge in [0.05, 0.1) is 0 Å². The van der Waals surface area contributed by atoms with Crippen LogP contribution >= 0.6 is 0 Å². The van der Waals surface area contributed by atoms with Gasteiger partial charge < -0.3 is 4.74 Å². The number of rotatable bonds is 1. The number of ether oxygens (including phenoxy) is 1. The molecule has 0 spiro atoms. The van der Waals surface area contributed by atoms with Crippen molar-refractivity contribution >= 4 is 5.78 Å². The maximum absolute atomic E-state index is 11.6. The molecule has 1 aliphatic carbocycles. The van der Waals surface area contributed by atoms with Crippen LogP contribution in [0.25, 0.3) is 0 Å². The fraction of sp³-hybridized carbons (Fsp3) is 0.700. The summed E-state index contributed by atoms with van der Waals surface area (Å²) >= 11 is 0. The van der Waals surface area contributed by atoms with Gasteiger partial charge in [-0.1, -0.05) is 13.8 Å². The summed E-state index contributed by atoms with van der Waals surface area (Å²) in [5, 5.41) is 0. The minimum atomic E-state index is 0.212. The van der Waals surface area contributed by atoms with Gasteiger partial charge >= 0.3 is 0 Å². The molecular weight excluding hydrogens is 152 g/mol. The normalized spacial score (nSPS) is 28.2. The Morgan fingerprint density at radius 1 is 1.50 bits per heavy atom. The molecule has 0 amide bonds. The molecular formula is C10H14O2. The molecule has 2 nitrogen and oxygen atoms in total. The molecule has 0 radical (unpaired) electrons. The van der Waals surface area contributed by atoms with E-state index in [0.29, 0.717) is 18.3 Å². The molecule has 1 aliphatic heterocycles. The van der Waals surface area contributed by atoms with E-state index in [0.717, 1.165) is 12.8 Å². The van der Waals surface area contributed by atoms with Crippen LogP contribution in [0.1, 0.15) is 26.7 Å². The smallest absolute Gasteiger partial charge is 0.200 e. The minimum absolute atomic E-state index is 0.212. The SMILES string of the molecule is CC(C)C1CCC2=C(OC2)C1=O. The van der Waals surface area contributed by atoms with Crippen LogP contribution in [0.3, 0.4) is 0 Å². The molecule has 12 heavy (non-hydrogen) atoms. The standard InChI is InChI=1S/C10H14O2/c1-6(2)8-4-3-7-5-12-10(7)9(8)11/h6,8H,3-5H2,1-2H3. The monoisotopic (exact) mass is 166 g/mol. The van der Waals surface area contributed by atoms with Gasteiger partial charge in [-0.2, -0.15) is 0 Å². The van der Waals surface area contributed by atoms with Crippen LogP contribution in [0.15, 0.2) is 11.3 Å². The van der Waals surface area contributed by atoms with Gasteiger partial charge in [-0.3, -0.25) is 4.79 Å². The fourth-order valence-corrected chi connectivity index (χ4v) is 1.94. The molecule has 2 rings (SSSR count). The second-order valence-electron chi connectivity index (χ2n) is 3.97. The molecule has 1 atom stereocenters. The highest BCUT2D eigenvalue weighted by Crippen LogP contribution is 2.36. The van der Waals surface area contributed by atoms with Crippen LogP contribution < -0.4 is 0 Å². The van der Waals surface area contributed by atoms with E-state index in [2.05, 4.69) is 13.8 Å². The molecule has 2 heteroatoms. The number of ketones is 1. The molecule has 0 aromatic heterocycles. The quantitative estimate of drug-likeness (QED) is 0.594. The second-order valence-corrected chi connectivity index (χ2v) is 3.97. The Morgan fingerprint density at radius 3 is 2.75 bits per heavy atom. The maximum Gasteiger partial charge on any atom is 0.200 e. The topological polar surface area (TPSA) is 26.3 Å². The van der Waals surface area contributed by atoms with Crippen molar-refractivity contribution in [3.05, 3.63) is 11.3 Å². The summed E-state index contributed by atoms with van der Waals surface area (Å²) in [6.45, 7) is 4.91. The van der Waals surface area contributed by atoms with Crippen molar-refractivity contribution in [1.82, 2.24) is 0 Å². The predicted octanol–water partition coefficient (Wildman–Crippen LogP) is 1.91.